The van der Waals surface area contributed by atoms with Crippen LogP contribution in [0, 0.1) is 11.6 Å². The lowest BCUT2D eigenvalue weighted by atomic mass is 9.92. The highest BCUT2D eigenvalue weighted by Crippen LogP contribution is 2.31. The number of nitrogens with one attached hydrogen (secondary N) is 1. The molecule has 0 bridgehead atoms. The van der Waals surface area contributed by atoms with Gasteiger partial charge in [-0.15, -0.1) is 6.58 Å². The topological polar surface area (TPSA) is 21.3 Å². The summed E-state index contributed by atoms with van der Waals surface area (Å²) in [5, 5.41) is 3.61. The minimum atomic E-state index is -0.346. The molecule has 0 saturated heterocycles. The average Bonchev–Trinajstić information content (AvgIpc) is 2.76. The number of ether oxygens (including phenoxy) is 1. The molecule has 1 N–H and O–H groups in total. The summed E-state index contributed by atoms with van der Waals surface area (Å²) >= 11 is 6.32. The quantitative estimate of drug-likeness (QED) is 0.321. The number of halogens is 3. The Kier molecular flexibility index (Phi) is 8.07. The van der Waals surface area contributed by atoms with Gasteiger partial charge in [0.15, 0.2) is 0 Å². The van der Waals surface area contributed by atoms with Crippen LogP contribution < -0.4 is 10.1 Å². The second-order valence-corrected chi connectivity index (χ2v) is 7.71. The zero-order chi connectivity index (χ0) is 22.2. The average molecular weight is 442 g/mol. The fourth-order valence-electron chi connectivity index (χ4n) is 3.48. The molecule has 3 rings (SSSR count). The van der Waals surface area contributed by atoms with Gasteiger partial charge in [0.1, 0.15) is 17.4 Å². The minimum absolute atomic E-state index is 0.172. The fourth-order valence-corrected chi connectivity index (χ4v) is 3.72. The molecule has 1 unspecified atom stereocenters. The van der Waals surface area contributed by atoms with Crippen molar-refractivity contribution in [2.45, 2.75) is 32.1 Å². The number of allylic oxidation sites excluding steroid dienone is 1. The molecule has 162 valence electrons. The Balaban J connectivity index is 1.62. The van der Waals surface area contributed by atoms with E-state index in [4.69, 9.17) is 16.3 Å². The van der Waals surface area contributed by atoms with Gasteiger partial charge in [0, 0.05) is 11.6 Å². The van der Waals surface area contributed by atoms with Crippen LogP contribution in [0.1, 0.15) is 36.8 Å². The SMILES string of the molecule is C=CC(CCCc1ccc(F)c(Nc2ccc(F)cc2)c1)c1ccc(OCC)c(Cl)c1. The van der Waals surface area contributed by atoms with E-state index < -0.39 is 0 Å². The lowest BCUT2D eigenvalue weighted by Crippen LogP contribution is -1.99. The van der Waals surface area contributed by atoms with Gasteiger partial charge in [-0.1, -0.05) is 29.8 Å². The van der Waals surface area contributed by atoms with Crippen LogP contribution in [0.25, 0.3) is 0 Å². The van der Waals surface area contributed by atoms with Crippen LogP contribution in [0.3, 0.4) is 0 Å². The van der Waals surface area contributed by atoms with Gasteiger partial charge in [0.05, 0.1) is 17.3 Å². The first-order valence-corrected chi connectivity index (χ1v) is 10.7. The van der Waals surface area contributed by atoms with Crippen molar-refractivity contribution in [2.75, 3.05) is 11.9 Å². The molecule has 0 spiro atoms. The lowest BCUT2D eigenvalue weighted by Gasteiger charge is -2.15. The predicted molar refractivity (Wildman–Crippen MR) is 125 cm³/mol. The monoisotopic (exact) mass is 441 g/mol. The van der Waals surface area contributed by atoms with E-state index in [1.807, 2.05) is 31.2 Å². The van der Waals surface area contributed by atoms with Crippen LogP contribution in [0.4, 0.5) is 20.2 Å². The fraction of sp³-hybridized carbons (Fsp3) is 0.231. The lowest BCUT2D eigenvalue weighted by molar-refractivity contribution is 0.340. The summed E-state index contributed by atoms with van der Waals surface area (Å²) in [5.41, 5.74) is 3.14. The Labute approximate surface area is 187 Å². The molecule has 0 radical (unpaired) electrons. The molecule has 1 atom stereocenters. The molecular weight excluding hydrogens is 416 g/mol. The first kappa shape index (κ1) is 22.8. The number of anilines is 2. The molecule has 0 heterocycles. The first-order chi connectivity index (χ1) is 15.0. The van der Waals surface area contributed by atoms with E-state index in [1.165, 1.54) is 18.2 Å². The summed E-state index contributed by atoms with van der Waals surface area (Å²) in [6.45, 7) is 6.46. The highest BCUT2D eigenvalue weighted by Gasteiger charge is 2.11. The van der Waals surface area contributed by atoms with Gasteiger partial charge >= 0.3 is 0 Å². The molecule has 0 aromatic heterocycles. The Bertz CT molecular complexity index is 1020. The molecular formula is C26H26ClF2NO. The zero-order valence-electron chi connectivity index (χ0n) is 17.5. The highest BCUT2D eigenvalue weighted by atomic mass is 35.5. The second kappa shape index (κ2) is 11.0. The molecule has 0 saturated carbocycles. The molecule has 2 nitrogen and oxygen atoms in total. The standard InChI is InChI=1S/C26H26ClF2NO/c1-3-19(20-9-15-26(31-4-2)23(27)17-20)7-5-6-18-8-14-24(29)25(16-18)30-22-12-10-21(28)11-13-22/h3,8-17,19,30H,1,4-7H2,2H3. The summed E-state index contributed by atoms with van der Waals surface area (Å²) in [7, 11) is 0. The third-order valence-electron chi connectivity index (χ3n) is 5.10. The smallest absolute Gasteiger partial charge is 0.146 e. The second-order valence-electron chi connectivity index (χ2n) is 7.30. The van der Waals surface area contributed by atoms with Crippen LogP contribution >= 0.6 is 11.6 Å². The van der Waals surface area contributed by atoms with Gasteiger partial charge in [-0.25, -0.2) is 8.78 Å². The van der Waals surface area contributed by atoms with Gasteiger partial charge in [0.2, 0.25) is 0 Å². The first-order valence-electron chi connectivity index (χ1n) is 10.4. The van der Waals surface area contributed by atoms with E-state index >= 15 is 0 Å². The molecule has 3 aromatic carbocycles. The van der Waals surface area contributed by atoms with Gasteiger partial charge in [0.25, 0.3) is 0 Å². The number of aryl methyl sites for hydroxylation is 1. The van der Waals surface area contributed by atoms with Gasteiger partial charge < -0.3 is 10.1 Å². The number of hydrogen-bond acceptors (Lipinski definition) is 2. The molecule has 0 aliphatic rings. The van der Waals surface area contributed by atoms with E-state index in [2.05, 4.69) is 11.9 Å². The third kappa shape index (κ3) is 6.31. The molecule has 0 amide bonds. The molecule has 31 heavy (non-hydrogen) atoms. The summed E-state index contributed by atoms with van der Waals surface area (Å²) in [6, 6.07) is 16.7. The molecule has 0 aliphatic heterocycles. The highest BCUT2D eigenvalue weighted by molar-refractivity contribution is 6.32. The van der Waals surface area contributed by atoms with E-state index in [1.54, 1.807) is 24.3 Å². The van der Waals surface area contributed by atoms with Crippen LogP contribution in [-0.2, 0) is 6.42 Å². The van der Waals surface area contributed by atoms with E-state index in [0.29, 0.717) is 28.8 Å². The van der Waals surface area contributed by atoms with Gasteiger partial charge in [-0.2, -0.15) is 0 Å². The molecule has 0 fully saturated rings. The number of rotatable bonds is 10. The third-order valence-corrected chi connectivity index (χ3v) is 5.40. The van der Waals surface area contributed by atoms with Crippen molar-refractivity contribution < 1.29 is 13.5 Å². The summed E-state index contributed by atoms with van der Waals surface area (Å²) in [6.07, 6.45) is 4.53. The Morgan fingerprint density at radius 3 is 2.52 bits per heavy atom. The Morgan fingerprint density at radius 2 is 1.84 bits per heavy atom. The summed E-state index contributed by atoms with van der Waals surface area (Å²) in [5.74, 6) is 0.181. The van der Waals surface area contributed by atoms with E-state index in [0.717, 1.165) is 30.4 Å². The maximum atomic E-state index is 14.2. The van der Waals surface area contributed by atoms with Gasteiger partial charge in [-0.3, -0.25) is 0 Å². The largest absolute Gasteiger partial charge is 0.492 e. The zero-order valence-corrected chi connectivity index (χ0v) is 18.3. The van der Waals surface area contributed by atoms with Crippen molar-refractivity contribution in [3.8, 4) is 5.75 Å². The maximum absolute atomic E-state index is 14.2. The van der Waals surface area contributed by atoms with E-state index in [9.17, 15) is 8.78 Å². The molecule has 0 aliphatic carbocycles. The van der Waals surface area contributed by atoms with Crippen LogP contribution in [0.5, 0.6) is 5.75 Å². The van der Waals surface area contributed by atoms with E-state index in [-0.39, 0.29) is 17.6 Å². The summed E-state index contributed by atoms with van der Waals surface area (Å²) in [4.78, 5) is 0. The summed E-state index contributed by atoms with van der Waals surface area (Å²) < 4.78 is 32.8. The van der Waals surface area contributed by atoms with Crippen LogP contribution in [-0.4, -0.2) is 6.61 Å². The minimum Gasteiger partial charge on any atom is -0.492 e. The number of benzene rings is 3. The van der Waals surface area contributed by atoms with Crippen molar-refractivity contribution in [1.29, 1.82) is 0 Å². The predicted octanol–water partition coefficient (Wildman–Crippen LogP) is 8.05. The maximum Gasteiger partial charge on any atom is 0.146 e. The Hall–Kier alpha value is -2.85. The van der Waals surface area contributed by atoms with Crippen molar-refractivity contribution in [3.05, 3.63) is 101 Å². The van der Waals surface area contributed by atoms with Crippen LogP contribution in [0.2, 0.25) is 5.02 Å². The number of hydrogen-bond donors (Lipinski definition) is 1. The molecule has 3 aromatic rings. The van der Waals surface area contributed by atoms with Crippen molar-refractivity contribution >= 4 is 23.0 Å². The van der Waals surface area contributed by atoms with Gasteiger partial charge in [-0.05, 0) is 85.8 Å². The molecule has 5 heteroatoms. The van der Waals surface area contributed by atoms with Crippen molar-refractivity contribution in [1.82, 2.24) is 0 Å². The van der Waals surface area contributed by atoms with Crippen LogP contribution in [0.15, 0.2) is 73.3 Å². The normalized spacial score (nSPS) is 11.7. The Morgan fingerprint density at radius 1 is 1.06 bits per heavy atom. The van der Waals surface area contributed by atoms with Crippen molar-refractivity contribution in [2.24, 2.45) is 0 Å². The van der Waals surface area contributed by atoms with Crippen molar-refractivity contribution in [3.63, 3.8) is 0 Å².